The molecule has 1 aliphatic rings. The summed E-state index contributed by atoms with van der Waals surface area (Å²) in [6.45, 7) is 3.08. The molecule has 2 nitrogen and oxygen atoms in total. The van der Waals surface area contributed by atoms with Crippen molar-refractivity contribution in [1.82, 2.24) is 10.3 Å². The van der Waals surface area contributed by atoms with Crippen molar-refractivity contribution in [2.75, 3.05) is 6.54 Å². The number of hydrogen-bond donors (Lipinski definition) is 1. The molecule has 0 amide bonds. The molecule has 1 heterocycles. The van der Waals surface area contributed by atoms with Crippen LogP contribution in [0.3, 0.4) is 0 Å². The Balaban J connectivity index is 1.86. The lowest BCUT2D eigenvalue weighted by atomic mass is 9.98. The van der Waals surface area contributed by atoms with Gasteiger partial charge in [-0.1, -0.05) is 30.7 Å². The Morgan fingerprint density at radius 3 is 3.14 bits per heavy atom. The average molecular weight is 325 g/mol. The third-order valence-electron chi connectivity index (χ3n) is 3.82. The number of benzene rings is 1. The van der Waals surface area contributed by atoms with E-state index in [4.69, 9.17) is 16.6 Å². The van der Waals surface area contributed by atoms with E-state index in [1.165, 1.54) is 17.0 Å². The van der Waals surface area contributed by atoms with Gasteiger partial charge in [0.05, 0.1) is 15.7 Å². The van der Waals surface area contributed by atoms with E-state index >= 15 is 0 Å². The molecule has 1 aliphatic carbocycles. The highest BCUT2D eigenvalue weighted by atomic mass is 35.5. The molecule has 1 unspecified atom stereocenters. The van der Waals surface area contributed by atoms with Crippen LogP contribution in [-0.2, 0) is 12.8 Å². The first-order valence-corrected chi connectivity index (χ1v) is 8.53. The van der Waals surface area contributed by atoms with Crippen molar-refractivity contribution < 1.29 is 4.39 Å². The van der Waals surface area contributed by atoms with Crippen LogP contribution in [0.2, 0.25) is 5.02 Å². The predicted octanol–water partition coefficient (Wildman–Crippen LogP) is 4.51. The molecule has 0 radical (unpaired) electrons. The van der Waals surface area contributed by atoms with Crippen LogP contribution >= 0.6 is 22.9 Å². The van der Waals surface area contributed by atoms with Gasteiger partial charge in [0.25, 0.3) is 0 Å². The molecule has 0 fully saturated rings. The standard InChI is InChI=1S/C16H18ClFN2S/c1-2-19-12-7-4-8-13-16(12)21-14(20-13)9-10-5-3-6-11(17)15(10)18/h3,5-6,12,19H,2,4,7-9H2,1H3. The number of hydrogen-bond acceptors (Lipinski definition) is 3. The molecule has 5 heteroatoms. The Hall–Kier alpha value is -0.970. The first-order chi connectivity index (χ1) is 10.2. The zero-order chi connectivity index (χ0) is 14.8. The smallest absolute Gasteiger partial charge is 0.145 e. The van der Waals surface area contributed by atoms with Gasteiger partial charge in [0, 0.05) is 17.3 Å². The van der Waals surface area contributed by atoms with Crippen molar-refractivity contribution in [3.05, 3.63) is 50.2 Å². The van der Waals surface area contributed by atoms with Crippen LogP contribution in [0.5, 0.6) is 0 Å². The minimum absolute atomic E-state index is 0.180. The van der Waals surface area contributed by atoms with Gasteiger partial charge < -0.3 is 5.32 Å². The van der Waals surface area contributed by atoms with Crippen molar-refractivity contribution >= 4 is 22.9 Å². The fourth-order valence-corrected chi connectivity index (χ4v) is 4.28. The lowest BCUT2D eigenvalue weighted by Crippen LogP contribution is -2.23. The zero-order valence-electron chi connectivity index (χ0n) is 12.0. The number of thiazole rings is 1. The topological polar surface area (TPSA) is 24.9 Å². The molecule has 1 atom stereocenters. The highest BCUT2D eigenvalue weighted by molar-refractivity contribution is 7.11. The van der Waals surface area contributed by atoms with Gasteiger partial charge in [0.2, 0.25) is 0 Å². The van der Waals surface area contributed by atoms with E-state index < -0.39 is 0 Å². The maximum atomic E-state index is 14.0. The van der Waals surface area contributed by atoms with Crippen molar-refractivity contribution in [2.45, 2.75) is 38.6 Å². The van der Waals surface area contributed by atoms with Crippen LogP contribution in [0.1, 0.15) is 46.9 Å². The van der Waals surface area contributed by atoms with Crippen LogP contribution in [0.15, 0.2) is 18.2 Å². The van der Waals surface area contributed by atoms with Crippen molar-refractivity contribution in [2.24, 2.45) is 0 Å². The predicted molar refractivity (Wildman–Crippen MR) is 85.7 cm³/mol. The van der Waals surface area contributed by atoms with Crippen molar-refractivity contribution in [3.8, 4) is 0 Å². The van der Waals surface area contributed by atoms with Gasteiger partial charge in [0.1, 0.15) is 5.82 Å². The minimum atomic E-state index is -0.324. The summed E-state index contributed by atoms with van der Waals surface area (Å²) in [5.74, 6) is -0.324. The van der Waals surface area contributed by atoms with E-state index in [9.17, 15) is 4.39 Å². The summed E-state index contributed by atoms with van der Waals surface area (Å²) in [7, 11) is 0. The maximum absolute atomic E-state index is 14.0. The molecule has 3 rings (SSSR count). The quantitative estimate of drug-likeness (QED) is 0.894. The van der Waals surface area contributed by atoms with E-state index in [1.54, 1.807) is 29.5 Å². The van der Waals surface area contributed by atoms with Crippen LogP contribution < -0.4 is 5.32 Å². The number of fused-ring (bicyclic) bond motifs is 1. The second-order valence-corrected chi connectivity index (χ2v) is 6.83. The van der Waals surface area contributed by atoms with Crippen LogP contribution in [0.4, 0.5) is 4.39 Å². The summed E-state index contributed by atoms with van der Waals surface area (Å²) in [4.78, 5) is 6.05. The molecule has 0 saturated heterocycles. The maximum Gasteiger partial charge on any atom is 0.145 e. The van der Waals surface area contributed by atoms with Gasteiger partial charge in [-0.15, -0.1) is 11.3 Å². The molecule has 0 aliphatic heterocycles. The van der Waals surface area contributed by atoms with Gasteiger partial charge in [0.15, 0.2) is 0 Å². The number of aromatic nitrogens is 1. The Bertz CT molecular complexity index is 641. The van der Waals surface area contributed by atoms with Crippen LogP contribution in [0.25, 0.3) is 0 Å². The molecule has 1 N–H and O–H groups in total. The Morgan fingerprint density at radius 2 is 2.33 bits per heavy atom. The molecule has 112 valence electrons. The molecule has 21 heavy (non-hydrogen) atoms. The SMILES string of the molecule is CCNC1CCCc2nc(Cc3cccc(Cl)c3F)sc21. The number of rotatable bonds is 4. The molecule has 1 aromatic heterocycles. The van der Waals surface area contributed by atoms with Gasteiger partial charge in [-0.2, -0.15) is 0 Å². The van der Waals surface area contributed by atoms with E-state index in [1.807, 2.05) is 0 Å². The summed E-state index contributed by atoms with van der Waals surface area (Å²) < 4.78 is 14.0. The van der Waals surface area contributed by atoms with Gasteiger partial charge in [-0.3, -0.25) is 0 Å². The van der Waals surface area contributed by atoms with E-state index in [-0.39, 0.29) is 10.8 Å². The van der Waals surface area contributed by atoms with E-state index in [0.29, 0.717) is 18.0 Å². The highest BCUT2D eigenvalue weighted by Gasteiger charge is 2.24. The summed E-state index contributed by atoms with van der Waals surface area (Å²) >= 11 is 7.55. The lowest BCUT2D eigenvalue weighted by Gasteiger charge is -2.21. The van der Waals surface area contributed by atoms with Crippen LogP contribution in [-0.4, -0.2) is 11.5 Å². The Labute approximate surface area is 133 Å². The number of halogens is 2. The second-order valence-electron chi connectivity index (χ2n) is 5.31. The monoisotopic (exact) mass is 324 g/mol. The summed E-state index contributed by atoms with van der Waals surface area (Å²) in [6.07, 6.45) is 3.88. The van der Waals surface area contributed by atoms with Crippen LogP contribution in [0, 0.1) is 5.82 Å². The number of nitrogens with one attached hydrogen (secondary N) is 1. The molecule has 0 spiro atoms. The Kier molecular flexibility index (Phi) is 4.57. The minimum Gasteiger partial charge on any atom is -0.309 e. The number of aryl methyl sites for hydroxylation is 1. The third kappa shape index (κ3) is 3.12. The average Bonchev–Trinajstić information content (AvgIpc) is 2.88. The molecule has 0 saturated carbocycles. The van der Waals surface area contributed by atoms with Gasteiger partial charge in [-0.25, -0.2) is 9.37 Å². The zero-order valence-corrected chi connectivity index (χ0v) is 13.5. The van der Waals surface area contributed by atoms with Gasteiger partial charge in [-0.05, 0) is 37.4 Å². The van der Waals surface area contributed by atoms with Crippen molar-refractivity contribution in [3.63, 3.8) is 0 Å². The summed E-state index contributed by atoms with van der Waals surface area (Å²) in [5.41, 5.74) is 1.81. The first-order valence-electron chi connectivity index (χ1n) is 7.33. The normalized spacial score (nSPS) is 17.8. The molecule has 2 aromatic rings. The molecule has 0 bridgehead atoms. The molecule has 1 aromatic carbocycles. The second kappa shape index (κ2) is 6.42. The Morgan fingerprint density at radius 1 is 1.48 bits per heavy atom. The van der Waals surface area contributed by atoms with E-state index in [2.05, 4.69) is 12.2 Å². The lowest BCUT2D eigenvalue weighted by molar-refractivity contribution is 0.476. The highest BCUT2D eigenvalue weighted by Crippen LogP contribution is 2.35. The fraction of sp³-hybridized carbons (Fsp3) is 0.438. The molecular formula is C16H18ClFN2S. The summed E-state index contributed by atoms with van der Waals surface area (Å²) in [6, 6.07) is 5.56. The molecular weight excluding hydrogens is 307 g/mol. The number of nitrogens with zero attached hydrogens (tertiary/aromatic N) is 1. The first kappa shape index (κ1) is 14.9. The van der Waals surface area contributed by atoms with E-state index in [0.717, 1.165) is 24.4 Å². The summed E-state index contributed by atoms with van der Waals surface area (Å²) in [5, 5.41) is 4.67. The van der Waals surface area contributed by atoms with Crippen molar-refractivity contribution in [1.29, 1.82) is 0 Å². The third-order valence-corrected chi connectivity index (χ3v) is 5.32. The fourth-order valence-electron chi connectivity index (χ4n) is 2.84. The largest absolute Gasteiger partial charge is 0.309 e. The van der Waals surface area contributed by atoms with Gasteiger partial charge >= 0.3 is 0 Å².